The minimum Gasteiger partial charge on any atom is -0.315 e. The molecule has 0 aromatic heterocycles. The van der Waals surface area contributed by atoms with Gasteiger partial charge in [-0.05, 0) is 19.5 Å². The quantitative estimate of drug-likeness (QED) is 0.482. The van der Waals surface area contributed by atoms with Gasteiger partial charge < -0.3 is 10.6 Å². The molecule has 0 bridgehead atoms. The van der Waals surface area contributed by atoms with Crippen LogP contribution in [0, 0.1) is 0 Å². The summed E-state index contributed by atoms with van der Waals surface area (Å²) >= 11 is 0. The average molecular weight is 155 g/mol. The van der Waals surface area contributed by atoms with Gasteiger partial charge in [0.15, 0.2) is 0 Å². The van der Waals surface area contributed by atoms with Gasteiger partial charge in [0.1, 0.15) is 0 Å². The molecular formula is C8H17N3. The summed E-state index contributed by atoms with van der Waals surface area (Å²) in [5, 5.41) is 6.89. The molecule has 2 aliphatic rings. The van der Waals surface area contributed by atoms with E-state index in [1.54, 1.807) is 0 Å². The third-order valence-corrected chi connectivity index (χ3v) is 2.65. The van der Waals surface area contributed by atoms with Crippen LogP contribution in [0.1, 0.15) is 6.42 Å². The van der Waals surface area contributed by atoms with Crippen molar-refractivity contribution < 1.29 is 0 Å². The lowest BCUT2D eigenvalue weighted by atomic mass is 10.2. The first-order chi connectivity index (χ1) is 5.47. The first kappa shape index (κ1) is 7.53. The fourth-order valence-electron chi connectivity index (χ4n) is 1.97. The third kappa shape index (κ3) is 1.72. The largest absolute Gasteiger partial charge is 0.315 e. The van der Waals surface area contributed by atoms with E-state index in [0.29, 0.717) is 0 Å². The summed E-state index contributed by atoms with van der Waals surface area (Å²) in [4.78, 5) is 2.61. The molecule has 2 fully saturated rings. The molecule has 2 heterocycles. The van der Waals surface area contributed by atoms with Crippen LogP contribution >= 0.6 is 0 Å². The lowest BCUT2D eigenvalue weighted by Gasteiger charge is -2.34. The van der Waals surface area contributed by atoms with Crippen LogP contribution in [0.5, 0.6) is 0 Å². The van der Waals surface area contributed by atoms with Gasteiger partial charge in [-0.15, -0.1) is 0 Å². The van der Waals surface area contributed by atoms with Crippen LogP contribution in [0.15, 0.2) is 0 Å². The van der Waals surface area contributed by atoms with Crippen molar-refractivity contribution in [2.75, 3.05) is 39.3 Å². The van der Waals surface area contributed by atoms with Gasteiger partial charge in [0.2, 0.25) is 0 Å². The minimum absolute atomic E-state index is 0.756. The molecule has 0 spiro atoms. The van der Waals surface area contributed by atoms with Crippen LogP contribution in [0.4, 0.5) is 0 Å². The van der Waals surface area contributed by atoms with Gasteiger partial charge in [-0.25, -0.2) is 0 Å². The summed E-state index contributed by atoms with van der Waals surface area (Å²) in [7, 11) is 0. The van der Waals surface area contributed by atoms with E-state index in [1.165, 1.54) is 45.7 Å². The van der Waals surface area contributed by atoms with Crippen LogP contribution < -0.4 is 10.6 Å². The van der Waals surface area contributed by atoms with E-state index >= 15 is 0 Å². The molecule has 0 amide bonds. The summed E-state index contributed by atoms with van der Waals surface area (Å²) in [5.74, 6) is 0. The SMILES string of the molecule is C1CNCC2CNCCN2C1. The average Bonchev–Trinajstić information content (AvgIpc) is 2.28. The number of nitrogens with zero attached hydrogens (tertiary/aromatic N) is 1. The molecule has 0 aromatic carbocycles. The topological polar surface area (TPSA) is 27.3 Å². The van der Waals surface area contributed by atoms with Crippen LogP contribution in [-0.4, -0.2) is 50.2 Å². The van der Waals surface area contributed by atoms with Crippen molar-refractivity contribution in [1.29, 1.82) is 0 Å². The third-order valence-electron chi connectivity index (χ3n) is 2.65. The van der Waals surface area contributed by atoms with Gasteiger partial charge in [-0.3, -0.25) is 4.90 Å². The zero-order valence-electron chi connectivity index (χ0n) is 6.97. The highest BCUT2D eigenvalue weighted by Gasteiger charge is 2.22. The predicted molar refractivity (Wildman–Crippen MR) is 45.7 cm³/mol. The van der Waals surface area contributed by atoms with Crippen molar-refractivity contribution in [2.45, 2.75) is 12.5 Å². The number of hydrogen-bond donors (Lipinski definition) is 2. The second-order valence-corrected chi connectivity index (χ2v) is 3.45. The monoisotopic (exact) mass is 155 g/mol. The van der Waals surface area contributed by atoms with Gasteiger partial charge in [0.05, 0.1) is 0 Å². The van der Waals surface area contributed by atoms with Crippen LogP contribution in [0.3, 0.4) is 0 Å². The van der Waals surface area contributed by atoms with Crippen molar-refractivity contribution in [3.05, 3.63) is 0 Å². The number of piperazine rings is 1. The normalized spacial score (nSPS) is 34.4. The van der Waals surface area contributed by atoms with E-state index in [0.717, 1.165) is 6.04 Å². The molecule has 0 aliphatic carbocycles. The molecule has 2 saturated heterocycles. The summed E-state index contributed by atoms with van der Waals surface area (Å²) < 4.78 is 0. The molecule has 0 aromatic rings. The van der Waals surface area contributed by atoms with E-state index in [-0.39, 0.29) is 0 Å². The zero-order valence-corrected chi connectivity index (χ0v) is 6.97. The molecule has 1 unspecified atom stereocenters. The van der Waals surface area contributed by atoms with Gasteiger partial charge >= 0.3 is 0 Å². The molecule has 3 heteroatoms. The summed E-state index contributed by atoms with van der Waals surface area (Å²) in [6.07, 6.45) is 1.32. The Labute approximate surface area is 68.1 Å². The molecule has 64 valence electrons. The Hall–Kier alpha value is -0.120. The van der Waals surface area contributed by atoms with Crippen molar-refractivity contribution in [1.82, 2.24) is 15.5 Å². The van der Waals surface area contributed by atoms with Gasteiger partial charge in [-0.1, -0.05) is 0 Å². The van der Waals surface area contributed by atoms with Crippen molar-refractivity contribution in [2.24, 2.45) is 0 Å². The Morgan fingerprint density at radius 3 is 2.73 bits per heavy atom. The first-order valence-corrected chi connectivity index (χ1v) is 4.62. The fourth-order valence-corrected chi connectivity index (χ4v) is 1.97. The first-order valence-electron chi connectivity index (χ1n) is 4.62. The number of hydrogen-bond acceptors (Lipinski definition) is 3. The van der Waals surface area contributed by atoms with Gasteiger partial charge in [0.25, 0.3) is 0 Å². The molecule has 0 radical (unpaired) electrons. The highest BCUT2D eigenvalue weighted by atomic mass is 15.2. The Morgan fingerprint density at radius 2 is 1.82 bits per heavy atom. The van der Waals surface area contributed by atoms with Gasteiger partial charge in [0, 0.05) is 32.2 Å². The highest BCUT2D eigenvalue weighted by molar-refractivity contribution is 4.83. The van der Waals surface area contributed by atoms with Crippen molar-refractivity contribution in [3.63, 3.8) is 0 Å². The molecule has 2 rings (SSSR count). The van der Waals surface area contributed by atoms with Crippen molar-refractivity contribution in [3.8, 4) is 0 Å². The standard InChI is InChI=1S/C8H17N3/c1-2-9-6-8-7-10-3-5-11(8)4-1/h8-10H,1-7H2. The van der Waals surface area contributed by atoms with E-state index in [2.05, 4.69) is 15.5 Å². The maximum absolute atomic E-state index is 3.46. The van der Waals surface area contributed by atoms with E-state index in [4.69, 9.17) is 0 Å². The minimum atomic E-state index is 0.756. The smallest absolute Gasteiger partial charge is 0.0345 e. The predicted octanol–water partition coefficient (Wildman–Crippen LogP) is -0.746. The summed E-state index contributed by atoms with van der Waals surface area (Å²) in [5.41, 5.74) is 0. The molecule has 11 heavy (non-hydrogen) atoms. The summed E-state index contributed by atoms with van der Waals surface area (Å²) in [6.45, 7) is 7.26. The Kier molecular flexibility index (Phi) is 2.41. The second-order valence-electron chi connectivity index (χ2n) is 3.45. The number of rotatable bonds is 0. The fraction of sp³-hybridized carbons (Fsp3) is 1.00. The maximum atomic E-state index is 3.46. The molecule has 2 aliphatic heterocycles. The Balaban J connectivity index is 1.93. The molecular weight excluding hydrogens is 138 g/mol. The maximum Gasteiger partial charge on any atom is 0.0345 e. The van der Waals surface area contributed by atoms with E-state index in [9.17, 15) is 0 Å². The summed E-state index contributed by atoms with van der Waals surface area (Å²) in [6, 6.07) is 0.756. The van der Waals surface area contributed by atoms with E-state index in [1.807, 2.05) is 0 Å². The van der Waals surface area contributed by atoms with Crippen LogP contribution in [-0.2, 0) is 0 Å². The van der Waals surface area contributed by atoms with Crippen LogP contribution in [0.25, 0.3) is 0 Å². The van der Waals surface area contributed by atoms with E-state index < -0.39 is 0 Å². The molecule has 3 nitrogen and oxygen atoms in total. The second kappa shape index (κ2) is 3.52. The Morgan fingerprint density at radius 1 is 1.00 bits per heavy atom. The van der Waals surface area contributed by atoms with Crippen molar-refractivity contribution >= 4 is 0 Å². The lowest BCUT2D eigenvalue weighted by molar-refractivity contribution is 0.173. The highest BCUT2D eigenvalue weighted by Crippen LogP contribution is 2.05. The van der Waals surface area contributed by atoms with Crippen LogP contribution in [0.2, 0.25) is 0 Å². The molecule has 1 atom stereocenters. The number of fused-ring (bicyclic) bond motifs is 1. The number of nitrogens with one attached hydrogen (secondary N) is 2. The Bertz CT molecular complexity index is 113. The zero-order chi connectivity index (χ0) is 7.52. The molecule has 0 saturated carbocycles. The molecule has 2 N–H and O–H groups in total. The van der Waals surface area contributed by atoms with Gasteiger partial charge in [-0.2, -0.15) is 0 Å². The lowest BCUT2D eigenvalue weighted by Crippen LogP contribution is -2.53.